The molecular formula is C23H16BrNO4. The van der Waals surface area contributed by atoms with Crippen molar-refractivity contribution >= 4 is 32.8 Å². The summed E-state index contributed by atoms with van der Waals surface area (Å²) < 4.78 is 5.89. The molecule has 0 saturated heterocycles. The predicted molar refractivity (Wildman–Crippen MR) is 115 cm³/mol. The van der Waals surface area contributed by atoms with Gasteiger partial charge in [0.1, 0.15) is 17.0 Å². The van der Waals surface area contributed by atoms with Gasteiger partial charge in [-0.05, 0) is 41.5 Å². The molecule has 6 heteroatoms. The molecule has 4 rings (SSSR count). The molecule has 0 aliphatic carbocycles. The number of nitrogens with zero attached hydrogens (tertiary/aromatic N) is 1. The number of aromatic nitrogens is 1. The predicted octanol–water partition coefficient (Wildman–Crippen LogP) is 5.74. The van der Waals surface area contributed by atoms with Gasteiger partial charge in [-0.1, -0.05) is 52.3 Å². The van der Waals surface area contributed by atoms with Crippen molar-refractivity contribution < 1.29 is 19.7 Å². The molecule has 0 aliphatic rings. The Hall–Kier alpha value is -3.38. The molecule has 0 bridgehead atoms. The van der Waals surface area contributed by atoms with Gasteiger partial charge in [0.15, 0.2) is 5.75 Å². The van der Waals surface area contributed by atoms with Gasteiger partial charge in [0.05, 0.1) is 12.6 Å². The lowest BCUT2D eigenvalue weighted by molar-refractivity contribution is 0.0696. The molecule has 29 heavy (non-hydrogen) atoms. The van der Waals surface area contributed by atoms with Crippen LogP contribution in [0.2, 0.25) is 0 Å². The van der Waals surface area contributed by atoms with E-state index in [2.05, 4.69) is 20.9 Å². The molecule has 4 aromatic rings. The maximum absolute atomic E-state index is 11.8. The van der Waals surface area contributed by atoms with E-state index in [1.54, 1.807) is 25.3 Å². The first-order valence-electron chi connectivity index (χ1n) is 8.78. The minimum Gasteiger partial charge on any atom is -0.505 e. The van der Waals surface area contributed by atoms with Gasteiger partial charge in [-0.3, -0.25) is 0 Å². The summed E-state index contributed by atoms with van der Waals surface area (Å²) in [6, 6.07) is 20.3. The fraction of sp³-hybridized carbons (Fsp3) is 0.0435. The summed E-state index contributed by atoms with van der Waals surface area (Å²) >= 11 is 3.33. The Balaban J connectivity index is 1.81. The van der Waals surface area contributed by atoms with Crippen LogP contribution in [0.15, 0.2) is 71.2 Å². The van der Waals surface area contributed by atoms with Gasteiger partial charge in [0.25, 0.3) is 0 Å². The maximum Gasteiger partial charge on any atom is 0.340 e. The van der Waals surface area contributed by atoms with Crippen LogP contribution < -0.4 is 4.74 Å². The Labute approximate surface area is 175 Å². The first-order chi connectivity index (χ1) is 14.0. The molecule has 1 heterocycles. The fourth-order valence-electron chi connectivity index (χ4n) is 3.25. The van der Waals surface area contributed by atoms with Crippen molar-refractivity contribution in [2.75, 3.05) is 7.11 Å². The van der Waals surface area contributed by atoms with Crippen molar-refractivity contribution in [2.24, 2.45) is 0 Å². The molecule has 0 atom stereocenters. The maximum atomic E-state index is 11.8. The van der Waals surface area contributed by atoms with Crippen LogP contribution >= 0.6 is 15.9 Å². The zero-order valence-corrected chi connectivity index (χ0v) is 17.0. The van der Waals surface area contributed by atoms with Gasteiger partial charge < -0.3 is 14.9 Å². The van der Waals surface area contributed by atoms with Crippen LogP contribution in [0.4, 0.5) is 0 Å². The molecule has 2 N–H and O–H groups in total. The molecule has 0 amide bonds. The van der Waals surface area contributed by atoms with E-state index in [1.807, 2.05) is 48.5 Å². The van der Waals surface area contributed by atoms with Crippen molar-refractivity contribution in [3.63, 3.8) is 0 Å². The molecule has 3 aromatic carbocycles. The van der Waals surface area contributed by atoms with Gasteiger partial charge in [-0.2, -0.15) is 0 Å². The molecule has 0 radical (unpaired) electrons. The quantitative estimate of drug-likeness (QED) is 0.414. The number of hydrogen-bond acceptors (Lipinski definition) is 4. The third-order valence-corrected chi connectivity index (χ3v) is 5.21. The standard InChI is InChI=1S/C23H16BrNO4/c1-29-17-9-6-14(7-10-17)13-2-4-15(5-3-13)21-22(26)20(23(27)28)18-12-16(24)8-11-19(18)25-21/h2-12,26H,1H3,(H,27,28). The Morgan fingerprint density at radius 2 is 1.52 bits per heavy atom. The Bertz CT molecular complexity index is 1220. The van der Waals surface area contributed by atoms with Crippen molar-refractivity contribution in [2.45, 2.75) is 0 Å². The van der Waals surface area contributed by atoms with Crippen LogP contribution in [-0.2, 0) is 0 Å². The number of halogens is 1. The van der Waals surface area contributed by atoms with Crippen LogP contribution in [0.25, 0.3) is 33.3 Å². The number of ether oxygens (including phenoxy) is 1. The lowest BCUT2D eigenvalue weighted by Crippen LogP contribution is -2.02. The number of aromatic hydroxyl groups is 1. The van der Waals surface area contributed by atoms with Gasteiger partial charge in [0.2, 0.25) is 0 Å². The van der Waals surface area contributed by atoms with Gasteiger partial charge >= 0.3 is 5.97 Å². The van der Waals surface area contributed by atoms with Gasteiger partial charge in [-0.15, -0.1) is 0 Å². The van der Waals surface area contributed by atoms with Gasteiger partial charge in [-0.25, -0.2) is 9.78 Å². The number of benzene rings is 3. The fourth-order valence-corrected chi connectivity index (χ4v) is 3.61. The molecule has 0 saturated carbocycles. The first kappa shape index (κ1) is 19.0. The van der Waals surface area contributed by atoms with E-state index in [0.29, 0.717) is 20.9 Å². The molecule has 5 nitrogen and oxygen atoms in total. The van der Waals surface area contributed by atoms with E-state index in [4.69, 9.17) is 4.74 Å². The second-order valence-corrected chi connectivity index (χ2v) is 7.37. The Morgan fingerprint density at radius 1 is 0.931 bits per heavy atom. The average Bonchev–Trinajstić information content (AvgIpc) is 2.73. The third-order valence-electron chi connectivity index (χ3n) is 4.72. The highest BCUT2D eigenvalue weighted by molar-refractivity contribution is 9.10. The number of fused-ring (bicyclic) bond motifs is 1. The summed E-state index contributed by atoms with van der Waals surface area (Å²) in [4.78, 5) is 16.3. The lowest BCUT2D eigenvalue weighted by Gasteiger charge is -2.11. The van der Waals surface area contributed by atoms with Crippen molar-refractivity contribution in [3.05, 3.63) is 76.8 Å². The largest absolute Gasteiger partial charge is 0.505 e. The van der Waals surface area contributed by atoms with E-state index in [1.165, 1.54) is 0 Å². The minimum atomic E-state index is -1.20. The molecule has 144 valence electrons. The second-order valence-electron chi connectivity index (χ2n) is 6.46. The summed E-state index contributed by atoms with van der Waals surface area (Å²) in [5, 5.41) is 20.7. The topological polar surface area (TPSA) is 79.7 Å². The van der Waals surface area contributed by atoms with Crippen molar-refractivity contribution in [3.8, 4) is 33.9 Å². The van der Waals surface area contributed by atoms with E-state index < -0.39 is 5.97 Å². The summed E-state index contributed by atoms with van der Waals surface area (Å²) in [6.45, 7) is 0. The molecule has 0 aliphatic heterocycles. The Kier molecular flexibility index (Phi) is 4.94. The number of carboxylic acids is 1. The first-order valence-corrected chi connectivity index (χ1v) is 9.57. The van der Waals surface area contributed by atoms with Crippen LogP contribution in [0.5, 0.6) is 11.5 Å². The molecular weight excluding hydrogens is 434 g/mol. The van der Waals surface area contributed by atoms with Gasteiger partial charge in [0, 0.05) is 15.4 Å². The number of rotatable bonds is 4. The molecule has 0 unspecified atom stereocenters. The highest BCUT2D eigenvalue weighted by Gasteiger charge is 2.21. The van der Waals surface area contributed by atoms with Crippen molar-refractivity contribution in [1.82, 2.24) is 4.98 Å². The number of pyridine rings is 1. The van der Waals surface area contributed by atoms with Crippen LogP contribution in [0, 0.1) is 0 Å². The van der Waals surface area contributed by atoms with Crippen molar-refractivity contribution in [1.29, 1.82) is 0 Å². The molecule has 0 fully saturated rings. The summed E-state index contributed by atoms with van der Waals surface area (Å²) in [5.74, 6) is -0.770. The highest BCUT2D eigenvalue weighted by Crippen LogP contribution is 2.37. The minimum absolute atomic E-state index is 0.162. The number of carbonyl (C=O) groups is 1. The number of hydrogen-bond donors (Lipinski definition) is 2. The number of aromatic carboxylic acids is 1. The average molecular weight is 450 g/mol. The third kappa shape index (κ3) is 3.54. The van der Waals surface area contributed by atoms with Crippen LogP contribution in [-0.4, -0.2) is 28.3 Å². The smallest absolute Gasteiger partial charge is 0.340 e. The van der Waals surface area contributed by atoms with Crippen LogP contribution in [0.3, 0.4) is 0 Å². The van der Waals surface area contributed by atoms with E-state index in [0.717, 1.165) is 16.9 Å². The zero-order chi connectivity index (χ0) is 20.5. The normalized spacial score (nSPS) is 10.8. The number of methoxy groups -OCH3 is 1. The Morgan fingerprint density at radius 3 is 2.10 bits per heavy atom. The second kappa shape index (κ2) is 7.56. The number of carboxylic acid groups (broad SMARTS) is 1. The molecule has 1 aromatic heterocycles. The van der Waals surface area contributed by atoms with Crippen LogP contribution in [0.1, 0.15) is 10.4 Å². The SMILES string of the molecule is COc1ccc(-c2ccc(-c3nc4ccc(Br)cc4c(C(=O)O)c3O)cc2)cc1. The summed E-state index contributed by atoms with van der Waals surface area (Å²) in [7, 11) is 1.62. The van der Waals surface area contributed by atoms with E-state index >= 15 is 0 Å². The summed E-state index contributed by atoms with van der Waals surface area (Å²) in [5.41, 5.74) is 3.21. The van der Waals surface area contributed by atoms with E-state index in [9.17, 15) is 15.0 Å². The highest BCUT2D eigenvalue weighted by atomic mass is 79.9. The summed E-state index contributed by atoms with van der Waals surface area (Å²) in [6.07, 6.45) is 0. The lowest BCUT2D eigenvalue weighted by atomic mass is 9.99. The zero-order valence-electron chi connectivity index (χ0n) is 15.4. The van der Waals surface area contributed by atoms with E-state index in [-0.39, 0.29) is 17.0 Å². The monoisotopic (exact) mass is 449 g/mol. The molecule has 0 spiro atoms.